The van der Waals surface area contributed by atoms with Crippen molar-refractivity contribution in [1.82, 2.24) is 9.97 Å². The summed E-state index contributed by atoms with van der Waals surface area (Å²) >= 11 is 0. The topological polar surface area (TPSA) is 25.8 Å². The van der Waals surface area contributed by atoms with Gasteiger partial charge in [-0.3, -0.25) is 4.98 Å². The van der Waals surface area contributed by atoms with Crippen LogP contribution in [0.2, 0.25) is 0 Å². The van der Waals surface area contributed by atoms with E-state index in [2.05, 4.69) is 358 Å². The molecular formula is C116H142N2. The first-order valence-electron chi connectivity index (χ1n) is 46.1. The molecule has 0 saturated heterocycles. The van der Waals surface area contributed by atoms with Crippen LogP contribution in [0.1, 0.15) is 359 Å². The van der Waals surface area contributed by atoms with Crippen molar-refractivity contribution in [1.29, 1.82) is 0 Å². The van der Waals surface area contributed by atoms with Crippen LogP contribution in [0.15, 0.2) is 213 Å². The maximum absolute atomic E-state index is 5.38. The highest BCUT2D eigenvalue weighted by Gasteiger charge is 2.30. The van der Waals surface area contributed by atoms with Crippen LogP contribution >= 0.6 is 0 Å². The molecule has 0 atom stereocenters. The molecule has 0 spiro atoms. The zero-order valence-corrected chi connectivity index (χ0v) is 76.6. The predicted octanol–water partition coefficient (Wildman–Crippen LogP) is 34.4. The standard InChI is InChI=1S/C61H77N.C55H65N/c1-60(2,3)58-36-52(50-29-46(42-19-11-7-12-20-42)27-47(30-50)43-21-13-8-14-22-43)33-54(38-58)56-35-57(41-62-40-56)55-34-53(37-59(39-55)61(4,5)6)51-31-48(44-23-15-9-16-24-44)28-49(32-51)45-25-17-10-18-26-45;1-51(2,3)44-26-39(42-30-47(54(10,11)12)35-48(31-42)55(13,14)15)25-40(27-44)43-32-49(36-20-17-16-18-21-36)56-50(33-43)38-23-19-22-37(24-38)41-28-45(52(4,5)6)34-46(29-41)53(7,8)9/h27-45H,7-26H2,1-6H3;16-35H,1-15H3. The van der Waals surface area contributed by atoms with E-state index in [1.165, 1.54) is 245 Å². The molecule has 11 aromatic rings. The molecule has 2 heteroatoms. The summed E-state index contributed by atoms with van der Waals surface area (Å²) in [6.07, 6.45) is 31.5. The van der Waals surface area contributed by atoms with Crippen molar-refractivity contribution in [2.45, 2.75) is 335 Å². The van der Waals surface area contributed by atoms with Gasteiger partial charge in [0.2, 0.25) is 0 Å². The zero-order valence-electron chi connectivity index (χ0n) is 76.6. The summed E-state index contributed by atoms with van der Waals surface area (Å²) in [6.45, 7) is 48.9. The molecule has 2 heterocycles. The molecule has 118 heavy (non-hydrogen) atoms. The van der Waals surface area contributed by atoms with E-state index in [-0.39, 0.29) is 37.9 Å². The first-order chi connectivity index (χ1) is 55.8. The maximum atomic E-state index is 5.38. The van der Waals surface area contributed by atoms with E-state index in [1.807, 2.05) is 0 Å². The number of benzene rings is 9. The minimum atomic E-state index is -0.0425. The Morgan fingerprint density at radius 2 is 0.407 bits per heavy atom. The van der Waals surface area contributed by atoms with Crippen LogP contribution in [0.3, 0.4) is 0 Å². The van der Waals surface area contributed by atoms with Crippen LogP contribution in [-0.4, -0.2) is 9.97 Å². The Hall–Kier alpha value is -8.72. The number of aromatic nitrogens is 2. The van der Waals surface area contributed by atoms with Gasteiger partial charge in [-0.05, 0) is 283 Å². The summed E-state index contributed by atoms with van der Waals surface area (Å²) in [6, 6.07) is 78.8. The molecule has 4 aliphatic rings. The Morgan fingerprint density at radius 3 is 0.712 bits per heavy atom. The molecule has 2 aromatic heterocycles. The molecule has 2 nitrogen and oxygen atoms in total. The number of rotatable bonds is 13. The van der Waals surface area contributed by atoms with E-state index in [4.69, 9.17) is 9.97 Å². The second-order valence-corrected chi connectivity index (χ2v) is 43.9. The van der Waals surface area contributed by atoms with Gasteiger partial charge in [-0.15, -0.1) is 0 Å². The molecule has 616 valence electrons. The molecular weight excluding hydrogens is 1420 g/mol. The van der Waals surface area contributed by atoms with Gasteiger partial charge in [0.1, 0.15) is 0 Å². The minimum Gasteiger partial charge on any atom is -0.263 e. The lowest BCUT2D eigenvalue weighted by molar-refractivity contribution is 0.435. The molecule has 0 amide bonds. The number of pyridine rings is 2. The zero-order chi connectivity index (χ0) is 83.9. The van der Waals surface area contributed by atoms with E-state index in [0.29, 0.717) is 23.7 Å². The SMILES string of the molecule is CC(C)(C)c1cc(-c2cc(C(C)(C)C)cc(C(C)(C)C)c2)cc(-c2cc(-c3ccccc3)nc(-c3cccc(-c4cc(C(C)(C)C)cc(C(C)(C)C)c4)c3)c2)c1.CC(C)(C)c1cc(-c2cncc(-c3cc(-c4cc(C5CCCCC5)cc(C5CCCCC5)c4)cc(C(C)(C)C)c3)c2)cc(-c2cc(C3CCCCC3)cc(C3CCCCC3)c2)c1. The van der Waals surface area contributed by atoms with Crippen molar-refractivity contribution in [3.63, 3.8) is 0 Å². The van der Waals surface area contributed by atoms with Crippen molar-refractivity contribution in [3.05, 3.63) is 274 Å². The van der Waals surface area contributed by atoms with Gasteiger partial charge in [0, 0.05) is 34.6 Å². The molecule has 0 N–H and O–H groups in total. The van der Waals surface area contributed by atoms with Crippen LogP contribution in [-0.2, 0) is 37.9 Å². The van der Waals surface area contributed by atoms with E-state index in [1.54, 1.807) is 22.3 Å². The second kappa shape index (κ2) is 34.8. The third-order valence-corrected chi connectivity index (χ3v) is 27.1. The summed E-state index contributed by atoms with van der Waals surface area (Å²) in [4.78, 5) is 10.4. The lowest BCUT2D eigenvalue weighted by Gasteiger charge is -2.27. The average Bonchev–Trinajstić information content (AvgIpc) is 0.773. The normalized spacial score (nSPS) is 16.2. The molecule has 0 radical (unpaired) electrons. The number of hydrogen-bond acceptors (Lipinski definition) is 2. The highest BCUT2D eigenvalue weighted by Crippen LogP contribution is 2.48. The van der Waals surface area contributed by atoms with Gasteiger partial charge in [0.25, 0.3) is 0 Å². The maximum Gasteiger partial charge on any atom is 0.0715 e. The van der Waals surface area contributed by atoms with Crippen molar-refractivity contribution in [3.8, 4) is 100 Å². The molecule has 15 rings (SSSR count). The minimum absolute atomic E-state index is 0.0154. The van der Waals surface area contributed by atoms with Crippen LogP contribution in [0.4, 0.5) is 0 Å². The predicted molar refractivity (Wildman–Crippen MR) is 512 cm³/mol. The summed E-state index contributed by atoms with van der Waals surface area (Å²) in [5.41, 5.74) is 38.0. The molecule has 0 bridgehead atoms. The lowest BCUT2D eigenvalue weighted by atomic mass is 9.78. The summed E-state index contributed by atoms with van der Waals surface area (Å²) in [5, 5.41) is 0. The van der Waals surface area contributed by atoms with Crippen LogP contribution in [0.5, 0.6) is 0 Å². The largest absolute Gasteiger partial charge is 0.263 e. The number of hydrogen-bond donors (Lipinski definition) is 0. The second-order valence-electron chi connectivity index (χ2n) is 43.9. The molecule has 4 fully saturated rings. The van der Waals surface area contributed by atoms with Crippen LogP contribution < -0.4 is 0 Å². The van der Waals surface area contributed by atoms with Gasteiger partial charge < -0.3 is 0 Å². The van der Waals surface area contributed by atoms with Gasteiger partial charge in [-0.25, -0.2) is 4.98 Å². The average molecular weight is 1560 g/mol. The third-order valence-electron chi connectivity index (χ3n) is 27.1. The Balaban J connectivity index is 0.000000195. The Kier molecular flexibility index (Phi) is 25.3. The van der Waals surface area contributed by atoms with E-state index >= 15 is 0 Å². The van der Waals surface area contributed by atoms with Crippen LogP contribution in [0.25, 0.3) is 100 Å². The van der Waals surface area contributed by atoms with E-state index in [9.17, 15) is 0 Å². The Labute approximate surface area is 714 Å². The molecule has 0 unspecified atom stereocenters. The van der Waals surface area contributed by atoms with E-state index < -0.39 is 0 Å². The lowest BCUT2D eigenvalue weighted by Crippen LogP contribution is -2.16. The molecule has 4 saturated carbocycles. The van der Waals surface area contributed by atoms with Crippen molar-refractivity contribution < 1.29 is 0 Å². The van der Waals surface area contributed by atoms with Gasteiger partial charge in [0.15, 0.2) is 0 Å². The summed E-state index contributed by atoms with van der Waals surface area (Å²) < 4.78 is 0. The fraction of sp³-hybridized carbons (Fsp3) is 0.448. The smallest absolute Gasteiger partial charge is 0.0715 e. The highest BCUT2D eigenvalue weighted by atomic mass is 14.7. The summed E-state index contributed by atoms with van der Waals surface area (Å²) in [5.74, 6) is 2.78. The van der Waals surface area contributed by atoms with Gasteiger partial charge in [-0.1, -0.05) is 380 Å². The Bertz CT molecular complexity index is 5030. The fourth-order valence-corrected chi connectivity index (χ4v) is 19.1. The third kappa shape index (κ3) is 20.8. The first-order valence-corrected chi connectivity index (χ1v) is 46.1. The van der Waals surface area contributed by atoms with Crippen molar-refractivity contribution in [2.24, 2.45) is 0 Å². The molecule has 0 aliphatic heterocycles. The van der Waals surface area contributed by atoms with Gasteiger partial charge >= 0.3 is 0 Å². The summed E-state index contributed by atoms with van der Waals surface area (Å²) in [7, 11) is 0. The van der Waals surface area contributed by atoms with Crippen molar-refractivity contribution >= 4 is 0 Å². The molecule has 4 aliphatic carbocycles. The fourth-order valence-electron chi connectivity index (χ4n) is 19.1. The monoisotopic (exact) mass is 1560 g/mol. The molecule has 9 aromatic carbocycles. The first kappa shape index (κ1) is 85.7. The quantitative estimate of drug-likeness (QED) is 0.115. The van der Waals surface area contributed by atoms with E-state index in [0.717, 1.165) is 22.5 Å². The van der Waals surface area contributed by atoms with Gasteiger partial charge in [-0.2, -0.15) is 0 Å². The highest BCUT2D eigenvalue weighted by molar-refractivity contribution is 5.84. The number of nitrogens with zero attached hydrogens (tertiary/aromatic N) is 2. The van der Waals surface area contributed by atoms with Gasteiger partial charge in [0.05, 0.1) is 11.4 Å². The Morgan fingerprint density at radius 1 is 0.186 bits per heavy atom. The van der Waals surface area contributed by atoms with Crippen LogP contribution in [0, 0.1) is 0 Å². The van der Waals surface area contributed by atoms with Crippen molar-refractivity contribution in [2.75, 3.05) is 0 Å².